The van der Waals surface area contributed by atoms with E-state index < -0.39 is 0 Å². The average molecular weight is 1550 g/mol. The van der Waals surface area contributed by atoms with E-state index in [0.717, 1.165) is 117 Å². The molecule has 0 bridgehead atoms. The first-order valence-corrected chi connectivity index (χ1v) is 38.2. The molecule has 576 valence electrons. The highest BCUT2D eigenvalue weighted by atomic mass is 16.2. The third-order valence-electron chi connectivity index (χ3n) is 20.3. The van der Waals surface area contributed by atoms with E-state index in [1.54, 1.807) is 90.7 Å². The van der Waals surface area contributed by atoms with Crippen LogP contribution in [-0.4, -0.2) is 106 Å². The molecule has 0 fully saturated rings. The first-order valence-electron chi connectivity index (χ1n) is 38.2. The lowest BCUT2D eigenvalue weighted by Crippen LogP contribution is -2.27. The fourth-order valence-corrected chi connectivity index (χ4v) is 14.2. The lowest BCUT2D eigenvalue weighted by molar-refractivity contribution is 0.0932. The largest absolute Gasteiger partial charge is 0.345 e. The minimum absolute atomic E-state index is 0.232. The van der Waals surface area contributed by atoms with Crippen LogP contribution in [0.4, 0.5) is 0 Å². The van der Waals surface area contributed by atoms with Crippen molar-refractivity contribution in [3.05, 3.63) is 340 Å². The van der Waals surface area contributed by atoms with Gasteiger partial charge in [-0.2, -0.15) is 30.6 Å². The maximum atomic E-state index is 13.5. The molecule has 24 nitrogen and oxygen atoms in total. The number of aromatic nitrogens is 18. The van der Waals surface area contributed by atoms with Gasteiger partial charge in [0.05, 0.1) is 115 Å². The molecular weight excluding hydrogens is 1470 g/mol. The molecule has 3 N–H and O–H groups in total. The molecule has 18 aromatic rings. The summed E-state index contributed by atoms with van der Waals surface area (Å²) in [6, 6.07) is 60.3. The predicted octanol–water partition coefficient (Wildman–Crippen LogP) is 14.9. The monoisotopic (exact) mass is 1550 g/mol. The molecule has 0 spiro atoms. The Balaban J connectivity index is 0.000000132. The summed E-state index contributed by atoms with van der Waals surface area (Å²) in [4.78, 5) is 68.9. The smallest absolute Gasteiger partial charge is 0.257 e. The van der Waals surface area contributed by atoms with Gasteiger partial charge in [-0.05, 0) is 115 Å². The summed E-state index contributed by atoms with van der Waals surface area (Å²) < 4.78 is 10.1. The molecule has 0 saturated carbocycles. The van der Waals surface area contributed by atoms with Crippen LogP contribution >= 0.6 is 0 Å². The Morgan fingerprint density at radius 2 is 0.746 bits per heavy atom. The van der Waals surface area contributed by atoms with E-state index in [9.17, 15) is 14.4 Å². The van der Waals surface area contributed by atoms with Crippen molar-refractivity contribution >= 4 is 67.4 Å². The van der Waals surface area contributed by atoms with Crippen molar-refractivity contribution in [1.82, 2.24) is 104 Å². The highest BCUT2D eigenvalue weighted by Gasteiger charge is 2.28. The van der Waals surface area contributed by atoms with Crippen LogP contribution < -0.4 is 16.0 Å². The summed E-state index contributed by atoms with van der Waals surface area (Å²) >= 11 is 0. The zero-order chi connectivity index (χ0) is 81.7. The topological polar surface area (TPSA) is 270 Å². The lowest BCUT2D eigenvalue weighted by atomic mass is 9.97. The van der Waals surface area contributed by atoms with Crippen LogP contribution in [0.2, 0.25) is 0 Å². The molecule has 12 heterocycles. The maximum absolute atomic E-state index is 13.5. The number of carbonyl (C=O) groups is 3. The Kier molecular flexibility index (Phi) is 21.3. The first-order chi connectivity index (χ1) is 57.4. The van der Waals surface area contributed by atoms with Crippen molar-refractivity contribution in [3.8, 4) is 69.3 Å². The highest BCUT2D eigenvalue weighted by molar-refractivity contribution is 6.03. The summed E-state index contributed by atoms with van der Waals surface area (Å²) in [6.45, 7) is 13.3. The number of nitrogens with zero attached hydrogens (tertiary/aromatic N) is 18. The molecule has 24 heteroatoms. The standard InChI is InChI=1S/C32H27N7O.2C31H25N7O/c1-20(35-32(40)28-21(2)37-39-17-9-16-33-31(28)39)27-18-25-13-8-12-24(14-15-26-19-34-38(4)22(26)3)29(25)36-30(27)23-10-6-5-7-11-23;1-20(33-31(39)27-21(2)35-38-17-8-16-32-30(27)38)26-19-24-12-7-11-23(13-14-25-15-18-37(3)36-25)28(24)34-29(26)22-9-5-4-6-10-22;1-20(34-31(39)27-21(2)36-38-16-8-15-32-30(27)38)26-17-25-12-7-11-24(14-13-22-18-33-37(3)19-22)28(25)35-29(26)23-9-5-4-6-10-23/h5-13,16-20H,1-4H3,(H,35,40);4-12,15-20H,1-3H3,(H,33,39);4-12,15-20H,1-3H3,(H,34,39)/t3*20-/m000/s1. The molecule has 0 saturated heterocycles. The van der Waals surface area contributed by atoms with Crippen LogP contribution in [0.15, 0.2) is 250 Å². The number of hydrogen-bond acceptors (Lipinski definition) is 15. The third kappa shape index (κ3) is 15.9. The van der Waals surface area contributed by atoms with Crippen molar-refractivity contribution in [3.63, 3.8) is 0 Å². The van der Waals surface area contributed by atoms with Gasteiger partial charge in [0.2, 0.25) is 0 Å². The van der Waals surface area contributed by atoms with Gasteiger partial charge in [0.1, 0.15) is 22.4 Å². The van der Waals surface area contributed by atoms with Gasteiger partial charge >= 0.3 is 0 Å². The molecule has 18 rings (SSSR count). The summed E-state index contributed by atoms with van der Waals surface area (Å²) in [6.07, 6.45) is 17.6. The Labute approximate surface area is 678 Å². The van der Waals surface area contributed by atoms with E-state index in [2.05, 4.69) is 115 Å². The Morgan fingerprint density at radius 3 is 1.09 bits per heavy atom. The Morgan fingerprint density at radius 1 is 0.373 bits per heavy atom. The quantitative estimate of drug-likeness (QED) is 0.0960. The van der Waals surface area contributed by atoms with Crippen LogP contribution in [0.3, 0.4) is 0 Å². The normalized spacial score (nSPS) is 11.8. The molecule has 0 unspecified atom stereocenters. The average Bonchev–Trinajstić information content (AvgIpc) is 0.950. The van der Waals surface area contributed by atoms with Gasteiger partial charge in [-0.15, -0.1) is 0 Å². The molecular formula is C94H77N21O3. The summed E-state index contributed by atoms with van der Waals surface area (Å²) in [5.74, 6) is 18.7. The van der Waals surface area contributed by atoms with Crippen LogP contribution in [0, 0.1) is 63.2 Å². The van der Waals surface area contributed by atoms with Crippen molar-refractivity contribution in [1.29, 1.82) is 0 Å². The van der Waals surface area contributed by atoms with Crippen LogP contribution in [0.25, 0.3) is 83.4 Å². The third-order valence-corrected chi connectivity index (χ3v) is 20.3. The van der Waals surface area contributed by atoms with E-state index in [1.807, 2.05) is 238 Å². The van der Waals surface area contributed by atoms with Crippen molar-refractivity contribution in [2.45, 2.75) is 66.6 Å². The maximum Gasteiger partial charge on any atom is 0.257 e. The number of fused-ring (bicyclic) bond motifs is 6. The zero-order valence-corrected chi connectivity index (χ0v) is 66.2. The van der Waals surface area contributed by atoms with Gasteiger partial charge in [0.15, 0.2) is 16.9 Å². The second kappa shape index (κ2) is 33.1. The number of carbonyl (C=O) groups excluding carboxylic acids is 3. The molecule has 0 aliphatic heterocycles. The van der Waals surface area contributed by atoms with Gasteiger partial charge < -0.3 is 16.0 Å². The fourth-order valence-electron chi connectivity index (χ4n) is 14.2. The number of hydrogen-bond donors (Lipinski definition) is 3. The number of benzene rings is 6. The molecule has 6 aromatic carbocycles. The summed E-state index contributed by atoms with van der Waals surface area (Å²) in [5.41, 5.74) is 21.1. The van der Waals surface area contributed by atoms with Crippen molar-refractivity contribution in [2.75, 3.05) is 0 Å². The van der Waals surface area contributed by atoms with Crippen LogP contribution in [0.1, 0.15) is 143 Å². The number of pyridine rings is 3. The molecule has 0 radical (unpaired) electrons. The zero-order valence-electron chi connectivity index (χ0n) is 66.2. The summed E-state index contributed by atoms with van der Waals surface area (Å²) in [7, 11) is 5.64. The van der Waals surface area contributed by atoms with E-state index >= 15 is 0 Å². The van der Waals surface area contributed by atoms with Crippen LogP contribution in [-0.2, 0) is 21.1 Å². The van der Waals surface area contributed by atoms with E-state index in [1.165, 1.54) is 0 Å². The van der Waals surface area contributed by atoms with E-state index in [4.69, 9.17) is 15.0 Å². The minimum atomic E-state index is -0.342. The second-order valence-corrected chi connectivity index (χ2v) is 28.4. The van der Waals surface area contributed by atoms with E-state index in [-0.39, 0.29) is 35.8 Å². The number of aryl methyl sites for hydroxylation is 6. The molecule has 118 heavy (non-hydrogen) atoms. The van der Waals surface area contributed by atoms with Gasteiger partial charge in [-0.1, -0.05) is 157 Å². The van der Waals surface area contributed by atoms with Gasteiger partial charge in [0, 0.05) is 120 Å². The minimum Gasteiger partial charge on any atom is -0.345 e. The number of rotatable bonds is 12. The van der Waals surface area contributed by atoms with Crippen molar-refractivity contribution < 1.29 is 14.4 Å². The lowest BCUT2D eigenvalue weighted by Gasteiger charge is -2.19. The van der Waals surface area contributed by atoms with Gasteiger partial charge in [-0.3, -0.25) is 28.4 Å². The second-order valence-electron chi connectivity index (χ2n) is 28.4. The fraction of sp³-hybridized carbons (Fsp3) is 0.138. The van der Waals surface area contributed by atoms with Gasteiger partial charge in [-0.25, -0.2) is 43.5 Å². The molecule has 3 amide bonds. The molecule has 0 aliphatic carbocycles. The number of nitrogens with one attached hydrogen (secondary N) is 3. The molecule has 3 atom stereocenters. The first kappa shape index (κ1) is 76.1. The molecule has 0 aliphatic rings. The highest BCUT2D eigenvalue weighted by Crippen LogP contribution is 2.36. The Bertz CT molecular complexity index is 6840. The summed E-state index contributed by atoms with van der Waals surface area (Å²) in [5, 5.41) is 38.5. The Hall–Kier alpha value is -15.9. The van der Waals surface area contributed by atoms with Crippen molar-refractivity contribution in [2.24, 2.45) is 21.1 Å². The number of para-hydroxylation sites is 3. The molecule has 12 aromatic heterocycles. The SMILES string of the molecule is Cc1nn2cccnc2c1C(=O)N[C@@H](C)c1cc2cccc(C#Cc3ccn(C)n3)c2nc1-c1ccccc1.Cc1nn2cccnc2c1C(=O)N[C@@H](C)c1cc2cccc(C#Cc3cnn(C)c3)c2nc1-c1ccccc1.Cc1nn2cccnc2c1C(=O)N[C@@H](C)c1cc2cccc(C#Cc3cnn(C)c3C)c2nc1-c1ccccc1. The van der Waals surface area contributed by atoms with Crippen LogP contribution in [0.5, 0.6) is 0 Å². The van der Waals surface area contributed by atoms with E-state index in [0.29, 0.717) is 56.4 Å². The predicted molar refractivity (Wildman–Crippen MR) is 455 cm³/mol. The van der Waals surface area contributed by atoms with Gasteiger partial charge in [0.25, 0.3) is 17.7 Å². The number of amides is 3.